The third kappa shape index (κ3) is 5.91. The number of nitrogens with zero attached hydrogens (tertiary/aromatic N) is 1. The average molecular weight is 498 g/mol. The van der Waals surface area contributed by atoms with Gasteiger partial charge in [-0.25, -0.2) is 10.2 Å². The molecule has 0 heterocycles. The van der Waals surface area contributed by atoms with Gasteiger partial charge in [0.15, 0.2) is 0 Å². The van der Waals surface area contributed by atoms with Crippen molar-refractivity contribution in [3.63, 3.8) is 0 Å². The van der Waals surface area contributed by atoms with Gasteiger partial charge in [-0.1, -0.05) is 42.5 Å². The molecule has 0 aliphatic carbocycles. The molecule has 2 amide bonds. The fourth-order valence-electron chi connectivity index (χ4n) is 3.52. The normalized spacial score (nSPS) is 10.6. The summed E-state index contributed by atoms with van der Waals surface area (Å²) in [5, 5.41) is 8.02. The van der Waals surface area contributed by atoms with E-state index in [1.54, 1.807) is 54.6 Å². The van der Waals surface area contributed by atoms with E-state index in [1.807, 2.05) is 30.3 Å². The van der Waals surface area contributed by atoms with E-state index < -0.39 is 17.8 Å². The van der Waals surface area contributed by atoms with Gasteiger partial charge >= 0.3 is 17.8 Å². The van der Waals surface area contributed by atoms with Crippen molar-refractivity contribution >= 4 is 40.5 Å². The summed E-state index contributed by atoms with van der Waals surface area (Å²) >= 11 is 0. The van der Waals surface area contributed by atoms with Gasteiger partial charge in [-0.3, -0.25) is 9.59 Å². The molecular formula is C28H23N3O6. The number of anilines is 1. The minimum Gasteiger partial charge on any atom is -0.497 e. The van der Waals surface area contributed by atoms with Crippen LogP contribution in [0, 0.1) is 0 Å². The predicted molar refractivity (Wildman–Crippen MR) is 139 cm³/mol. The Labute approximate surface area is 212 Å². The number of nitrogens with one attached hydrogen (secondary N) is 2. The first kappa shape index (κ1) is 24.9. The number of para-hydroxylation sites is 2. The highest BCUT2D eigenvalue weighted by Crippen LogP contribution is 2.28. The molecule has 0 fully saturated rings. The van der Waals surface area contributed by atoms with Gasteiger partial charge in [-0.05, 0) is 53.2 Å². The van der Waals surface area contributed by atoms with Gasteiger partial charge in [0, 0.05) is 5.56 Å². The van der Waals surface area contributed by atoms with E-state index in [-0.39, 0.29) is 5.75 Å². The molecule has 0 unspecified atom stereocenters. The molecule has 4 aromatic rings. The van der Waals surface area contributed by atoms with Gasteiger partial charge in [-0.15, -0.1) is 0 Å². The van der Waals surface area contributed by atoms with Crippen LogP contribution in [-0.2, 0) is 9.59 Å². The van der Waals surface area contributed by atoms with Crippen LogP contribution >= 0.6 is 0 Å². The van der Waals surface area contributed by atoms with Crippen LogP contribution in [0.3, 0.4) is 0 Å². The fourth-order valence-corrected chi connectivity index (χ4v) is 3.52. The first-order valence-corrected chi connectivity index (χ1v) is 11.2. The van der Waals surface area contributed by atoms with Crippen LogP contribution in [0.4, 0.5) is 5.69 Å². The lowest BCUT2D eigenvalue weighted by Crippen LogP contribution is -2.32. The topological polar surface area (TPSA) is 115 Å². The zero-order chi connectivity index (χ0) is 26.2. The van der Waals surface area contributed by atoms with Crippen LogP contribution in [0.5, 0.6) is 17.2 Å². The minimum atomic E-state index is -0.987. The van der Waals surface area contributed by atoms with E-state index in [2.05, 4.69) is 15.8 Å². The molecule has 0 aromatic heterocycles. The molecule has 37 heavy (non-hydrogen) atoms. The highest BCUT2D eigenvalue weighted by atomic mass is 16.5. The maximum atomic E-state index is 12.8. The molecule has 0 spiro atoms. The number of benzene rings is 4. The average Bonchev–Trinajstić information content (AvgIpc) is 2.94. The van der Waals surface area contributed by atoms with Crippen molar-refractivity contribution in [1.82, 2.24) is 5.43 Å². The van der Waals surface area contributed by atoms with E-state index >= 15 is 0 Å². The van der Waals surface area contributed by atoms with E-state index in [4.69, 9.17) is 14.2 Å². The number of ether oxygens (including phenoxy) is 3. The summed E-state index contributed by atoms with van der Waals surface area (Å²) in [6.45, 7) is 0. The van der Waals surface area contributed by atoms with Gasteiger partial charge < -0.3 is 19.5 Å². The smallest absolute Gasteiger partial charge is 0.343 e. The molecule has 0 saturated heterocycles. The van der Waals surface area contributed by atoms with Crippen molar-refractivity contribution < 1.29 is 28.6 Å². The first-order chi connectivity index (χ1) is 18.0. The SMILES string of the molecule is COc1ccc(C(=O)Oc2ccc3ccccc3c2/C=N\NC(=O)C(=O)Nc2ccccc2OC)cc1. The predicted octanol–water partition coefficient (Wildman–Crippen LogP) is 4.17. The summed E-state index contributed by atoms with van der Waals surface area (Å²) in [6, 6.07) is 24.1. The quantitative estimate of drug-likeness (QED) is 0.130. The summed E-state index contributed by atoms with van der Waals surface area (Å²) < 4.78 is 15.9. The second-order valence-corrected chi connectivity index (χ2v) is 7.67. The Bertz CT molecular complexity index is 1480. The van der Waals surface area contributed by atoms with Crippen molar-refractivity contribution in [1.29, 1.82) is 0 Å². The molecule has 186 valence electrons. The summed E-state index contributed by atoms with van der Waals surface area (Å²) in [6.07, 6.45) is 1.33. The lowest BCUT2D eigenvalue weighted by atomic mass is 10.0. The van der Waals surface area contributed by atoms with Gasteiger partial charge in [0.25, 0.3) is 0 Å². The van der Waals surface area contributed by atoms with Crippen LogP contribution in [0.25, 0.3) is 10.8 Å². The van der Waals surface area contributed by atoms with Crippen LogP contribution in [0.2, 0.25) is 0 Å². The molecule has 0 atom stereocenters. The van der Waals surface area contributed by atoms with Crippen molar-refractivity contribution in [2.75, 3.05) is 19.5 Å². The monoisotopic (exact) mass is 497 g/mol. The highest BCUT2D eigenvalue weighted by Gasteiger charge is 2.16. The Hall–Kier alpha value is -5.18. The maximum absolute atomic E-state index is 12.8. The molecule has 0 saturated carbocycles. The minimum absolute atomic E-state index is 0.232. The zero-order valence-corrected chi connectivity index (χ0v) is 20.1. The van der Waals surface area contributed by atoms with Crippen LogP contribution in [-0.4, -0.2) is 38.2 Å². The number of hydrogen-bond donors (Lipinski definition) is 2. The number of carbonyl (C=O) groups is 3. The molecule has 0 aliphatic heterocycles. The zero-order valence-electron chi connectivity index (χ0n) is 20.1. The van der Waals surface area contributed by atoms with Gasteiger partial charge in [0.2, 0.25) is 0 Å². The first-order valence-electron chi connectivity index (χ1n) is 11.2. The second-order valence-electron chi connectivity index (χ2n) is 7.67. The van der Waals surface area contributed by atoms with Crippen molar-refractivity contribution in [3.05, 3.63) is 96.1 Å². The summed E-state index contributed by atoms with van der Waals surface area (Å²) in [5.74, 6) is -1.24. The molecule has 0 aliphatic rings. The molecule has 9 nitrogen and oxygen atoms in total. The van der Waals surface area contributed by atoms with Crippen LogP contribution < -0.4 is 25.0 Å². The van der Waals surface area contributed by atoms with E-state index in [0.717, 1.165) is 10.8 Å². The van der Waals surface area contributed by atoms with Gasteiger partial charge in [-0.2, -0.15) is 5.10 Å². The Morgan fingerprint density at radius 3 is 2.24 bits per heavy atom. The lowest BCUT2D eigenvalue weighted by Gasteiger charge is -2.11. The Morgan fingerprint density at radius 1 is 0.757 bits per heavy atom. The maximum Gasteiger partial charge on any atom is 0.343 e. The number of carbonyl (C=O) groups excluding carboxylic acids is 3. The number of hydrogen-bond acceptors (Lipinski definition) is 7. The van der Waals surface area contributed by atoms with Crippen LogP contribution in [0.1, 0.15) is 15.9 Å². The number of methoxy groups -OCH3 is 2. The molecule has 0 bridgehead atoms. The molecule has 2 N–H and O–H groups in total. The highest BCUT2D eigenvalue weighted by molar-refractivity contribution is 6.39. The van der Waals surface area contributed by atoms with Crippen molar-refractivity contribution in [2.24, 2.45) is 5.10 Å². The second kappa shape index (κ2) is 11.5. The molecular weight excluding hydrogens is 474 g/mol. The van der Waals surface area contributed by atoms with Gasteiger partial charge in [0.05, 0.1) is 31.7 Å². The number of rotatable bonds is 7. The fraction of sp³-hybridized carbons (Fsp3) is 0.0714. The third-order valence-corrected chi connectivity index (χ3v) is 5.38. The molecule has 4 rings (SSSR count). The van der Waals surface area contributed by atoms with Crippen molar-refractivity contribution in [3.8, 4) is 17.2 Å². The Morgan fingerprint density at radius 2 is 1.49 bits per heavy atom. The summed E-state index contributed by atoms with van der Waals surface area (Å²) in [7, 11) is 2.99. The van der Waals surface area contributed by atoms with Crippen molar-refractivity contribution in [2.45, 2.75) is 0 Å². The lowest BCUT2D eigenvalue weighted by molar-refractivity contribution is -0.136. The number of fused-ring (bicyclic) bond motifs is 1. The summed E-state index contributed by atoms with van der Waals surface area (Å²) in [4.78, 5) is 37.4. The third-order valence-electron chi connectivity index (χ3n) is 5.38. The molecule has 9 heteroatoms. The number of esters is 1. The number of hydrazone groups is 1. The number of amides is 2. The summed E-state index contributed by atoms with van der Waals surface area (Å²) in [5.41, 5.74) is 3.33. The Balaban J connectivity index is 1.53. The Kier molecular flexibility index (Phi) is 7.75. The standard InChI is InChI=1S/C28H23N3O6/c1-35-20-14-11-19(12-15-20)28(34)37-24-16-13-18-7-3-4-8-21(18)22(24)17-29-31-27(33)26(32)30-23-9-5-6-10-25(23)36-2/h3-17H,1-2H3,(H,30,32)(H,31,33)/b29-17-. The van der Waals surface area contributed by atoms with E-state index in [9.17, 15) is 14.4 Å². The van der Waals surface area contributed by atoms with Crippen LogP contribution in [0.15, 0.2) is 90.0 Å². The van der Waals surface area contributed by atoms with E-state index in [1.165, 1.54) is 20.4 Å². The van der Waals surface area contributed by atoms with E-state index in [0.29, 0.717) is 28.3 Å². The molecule has 0 radical (unpaired) electrons. The molecule has 4 aromatic carbocycles. The van der Waals surface area contributed by atoms with Gasteiger partial charge in [0.1, 0.15) is 17.2 Å². The largest absolute Gasteiger partial charge is 0.497 e.